The number of carbonyl (C=O) groups is 1. The first-order valence-corrected chi connectivity index (χ1v) is 6.84. The van der Waals surface area contributed by atoms with E-state index in [0.717, 1.165) is 25.7 Å². The van der Waals surface area contributed by atoms with E-state index in [0.29, 0.717) is 16.3 Å². The zero-order valence-corrected chi connectivity index (χ0v) is 11.3. The Kier molecular flexibility index (Phi) is 4.64. The lowest BCUT2D eigenvalue weighted by molar-refractivity contribution is 0.244. The molecule has 0 radical (unpaired) electrons. The summed E-state index contributed by atoms with van der Waals surface area (Å²) in [4.78, 5) is 11.9. The maximum atomic E-state index is 11.9. The number of nitriles is 1. The average Bonchev–Trinajstić information content (AvgIpc) is 2.42. The average molecular weight is 278 g/mol. The largest absolute Gasteiger partial charge is 0.335 e. The van der Waals surface area contributed by atoms with Crippen LogP contribution < -0.4 is 10.6 Å². The smallest absolute Gasteiger partial charge is 0.319 e. The van der Waals surface area contributed by atoms with Gasteiger partial charge in [0.2, 0.25) is 0 Å². The number of carbonyl (C=O) groups excluding carboxylic acids is 1. The molecule has 2 amide bonds. The third kappa shape index (κ3) is 3.87. The number of nitrogens with one attached hydrogen (secondary N) is 2. The Balaban J connectivity index is 1.96. The Morgan fingerprint density at radius 3 is 2.74 bits per heavy atom. The summed E-state index contributed by atoms with van der Waals surface area (Å²) in [5, 5.41) is 14.9. The molecule has 0 spiro atoms. The van der Waals surface area contributed by atoms with Gasteiger partial charge in [-0.2, -0.15) is 5.26 Å². The first kappa shape index (κ1) is 13.7. The third-order valence-electron chi connectivity index (χ3n) is 3.28. The number of hydrogen-bond donors (Lipinski definition) is 2. The van der Waals surface area contributed by atoms with E-state index in [9.17, 15) is 4.79 Å². The van der Waals surface area contributed by atoms with Crippen molar-refractivity contribution in [2.24, 2.45) is 0 Å². The fraction of sp³-hybridized carbons (Fsp3) is 0.429. The number of halogens is 1. The van der Waals surface area contributed by atoms with Crippen LogP contribution in [0.15, 0.2) is 18.2 Å². The van der Waals surface area contributed by atoms with E-state index >= 15 is 0 Å². The minimum Gasteiger partial charge on any atom is -0.335 e. The molecule has 1 aromatic carbocycles. The lowest BCUT2D eigenvalue weighted by Gasteiger charge is -2.23. The maximum Gasteiger partial charge on any atom is 0.319 e. The van der Waals surface area contributed by atoms with Gasteiger partial charge >= 0.3 is 6.03 Å². The van der Waals surface area contributed by atoms with Crippen LogP contribution in [0.25, 0.3) is 0 Å². The summed E-state index contributed by atoms with van der Waals surface area (Å²) in [6.45, 7) is 0. The molecule has 0 unspecified atom stereocenters. The summed E-state index contributed by atoms with van der Waals surface area (Å²) < 4.78 is 0. The van der Waals surface area contributed by atoms with Crippen LogP contribution >= 0.6 is 11.6 Å². The van der Waals surface area contributed by atoms with E-state index in [2.05, 4.69) is 10.6 Å². The molecule has 19 heavy (non-hydrogen) atoms. The second-order valence-electron chi connectivity index (χ2n) is 4.74. The highest BCUT2D eigenvalue weighted by Gasteiger charge is 2.16. The van der Waals surface area contributed by atoms with Crippen molar-refractivity contribution in [1.82, 2.24) is 5.32 Å². The summed E-state index contributed by atoms with van der Waals surface area (Å²) in [5.74, 6) is 0. The summed E-state index contributed by atoms with van der Waals surface area (Å²) in [6.07, 6.45) is 5.62. The number of anilines is 1. The standard InChI is InChI=1S/C14H16ClN3O/c15-12-7-6-10(9-16)8-13(12)18-14(19)17-11-4-2-1-3-5-11/h6-8,11H,1-5H2,(H2,17,18,19). The van der Waals surface area contributed by atoms with Gasteiger partial charge in [0.15, 0.2) is 0 Å². The predicted octanol–water partition coefficient (Wildman–Crippen LogP) is 3.67. The van der Waals surface area contributed by atoms with Crippen LogP contribution in [0.2, 0.25) is 5.02 Å². The summed E-state index contributed by atoms with van der Waals surface area (Å²) in [5.41, 5.74) is 0.936. The number of urea groups is 1. The summed E-state index contributed by atoms with van der Waals surface area (Å²) >= 11 is 5.99. The van der Waals surface area contributed by atoms with Crippen molar-refractivity contribution < 1.29 is 4.79 Å². The second-order valence-corrected chi connectivity index (χ2v) is 5.15. The Hall–Kier alpha value is -1.73. The van der Waals surface area contributed by atoms with Gasteiger partial charge in [0.1, 0.15) is 0 Å². The molecular weight excluding hydrogens is 262 g/mol. The minimum atomic E-state index is -0.260. The van der Waals surface area contributed by atoms with Crippen LogP contribution in [0.4, 0.5) is 10.5 Å². The van der Waals surface area contributed by atoms with Gasteiger partial charge in [-0.1, -0.05) is 30.9 Å². The van der Waals surface area contributed by atoms with Crippen LogP contribution in [0.5, 0.6) is 0 Å². The van der Waals surface area contributed by atoms with E-state index in [-0.39, 0.29) is 12.1 Å². The van der Waals surface area contributed by atoms with Crippen molar-refractivity contribution in [3.05, 3.63) is 28.8 Å². The zero-order chi connectivity index (χ0) is 13.7. The third-order valence-corrected chi connectivity index (χ3v) is 3.61. The topological polar surface area (TPSA) is 64.9 Å². The molecular formula is C14H16ClN3O. The number of rotatable bonds is 2. The molecule has 0 atom stereocenters. The van der Waals surface area contributed by atoms with Gasteiger partial charge in [-0.25, -0.2) is 4.79 Å². The van der Waals surface area contributed by atoms with E-state index in [1.807, 2.05) is 6.07 Å². The molecule has 0 heterocycles. The number of amides is 2. The van der Waals surface area contributed by atoms with Crippen LogP contribution in [-0.4, -0.2) is 12.1 Å². The molecule has 1 fully saturated rings. The molecule has 0 bridgehead atoms. The Morgan fingerprint density at radius 1 is 1.32 bits per heavy atom. The van der Waals surface area contributed by atoms with Gasteiger partial charge in [-0.3, -0.25) is 0 Å². The lowest BCUT2D eigenvalue weighted by Crippen LogP contribution is -2.39. The Labute approximate surface area is 117 Å². The van der Waals surface area contributed by atoms with Gasteiger partial charge in [0, 0.05) is 6.04 Å². The van der Waals surface area contributed by atoms with E-state index in [1.54, 1.807) is 18.2 Å². The molecule has 0 saturated heterocycles. The van der Waals surface area contributed by atoms with E-state index in [4.69, 9.17) is 16.9 Å². The van der Waals surface area contributed by atoms with Crippen LogP contribution in [0.3, 0.4) is 0 Å². The highest BCUT2D eigenvalue weighted by Crippen LogP contribution is 2.23. The molecule has 4 nitrogen and oxygen atoms in total. The zero-order valence-electron chi connectivity index (χ0n) is 10.6. The van der Waals surface area contributed by atoms with Crippen molar-refractivity contribution >= 4 is 23.3 Å². The highest BCUT2D eigenvalue weighted by atomic mass is 35.5. The molecule has 2 N–H and O–H groups in total. The van der Waals surface area contributed by atoms with Crippen molar-refractivity contribution in [2.45, 2.75) is 38.1 Å². The monoisotopic (exact) mass is 277 g/mol. The quantitative estimate of drug-likeness (QED) is 0.866. The number of nitrogens with zero attached hydrogens (tertiary/aromatic N) is 1. The molecule has 100 valence electrons. The molecule has 1 aromatic rings. The van der Waals surface area contributed by atoms with Gasteiger partial charge in [0.05, 0.1) is 22.3 Å². The van der Waals surface area contributed by atoms with Gasteiger partial charge < -0.3 is 10.6 Å². The maximum absolute atomic E-state index is 11.9. The van der Waals surface area contributed by atoms with Crippen molar-refractivity contribution in [3.8, 4) is 6.07 Å². The van der Waals surface area contributed by atoms with Gasteiger partial charge in [0.25, 0.3) is 0 Å². The summed E-state index contributed by atoms with van der Waals surface area (Å²) in [7, 11) is 0. The van der Waals surface area contributed by atoms with Crippen molar-refractivity contribution in [1.29, 1.82) is 5.26 Å². The fourth-order valence-electron chi connectivity index (χ4n) is 2.28. The second kappa shape index (κ2) is 6.44. The van der Waals surface area contributed by atoms with E-state index < -0.39 is 0 Å². The number of hydrogen-bond acceptors (Lipinski definition) is 2. The molecule has 5 heteroatoms. The van der Waals surface area contributed by atoms with E-state index in [1.165, 1.54) is 6.42 Å². The van der Waals surface area contributed by atoms with Crippen LogP contribution in [0, 0.1) is 11.3 Å². The Bertz CT molecular complexity index is 504. The first-order chi connectivity index (χ1) is 9.19. The Morgan fingerprint density at radius 2 is 2.05 bits per heavy atom. The molecule has 2 rings (SSSR count). The first-order valence-electron chi connectivity index (χ1n) is 6.46. The molecule has 1 saturated carbocycles. The van der Waals surface area contributed by atoms with Crippen molar-refractivity contribution in [3.63, 3.8) is 0 Å². The molecule has 0 aromatic heterocycles. The van der Waals surface area contributed by atoms with Crippen molar-refractivity contribution in [2.75, 3.05) is 5.32 Å². The van der Waals surface area contributed by atoms with Crippen LogP contribution in [0.1, 0.15) is 37.7 Å². The predicted molar refractivity (Wildman–Crippen MR) is 75.2 cm³/mol. The summed E-state index contributed by atoms with van der Waals surface area (Å²) in [6, 6.07) is 6.80. The molecule has 0 aliphatic heterocycles. The SMILES string of the molecule is N#Cc1ccc(Cl)c(NC(=O)NC2CCCCC2)c1. The van der Waals surface area contributed by atoms with Crippen LogP contribution in [-0.2, 0) is 0 Å². The van der Waals surface area contributed by atoms with Gasteiger partial charge in [-0.15, -0.1) is 0 Å². The molecule has 1 aliphatic carbocycles. The highest BCUT2D eigenvalue weighted by molar-refractivity contribution is 6.33. The normalized spacial score (nSPS) is 15.6. The fourth-order valence-corrected chi connectivity index (χ4v) is 2.45. The number of benzene rings is 1. The molecule has 1 aliphatic rings. The minimum absolute atomic E-state index is 0.242. The lowest BCUT2D eigenvalue weighted by atomic mass is 9.96. The van der Waals surface area contributed by atoms with Gasteiger partial charge in [-0.05, 0) is 31.0 Å².